The van der Waals surface area contributed by atoms with Gasteiger partial charge in [-0.05, 0) is 43.7 Å². The molecule has 2 aromatic rings. The Morgan fingerprint density at radius 3 is 2.77 bits per heavy atom. The molecule has 0 bridgehead atoms. The van der Waals surface area contributed by atoms with Gasteiger partial charge in [0.15, 0.2) is 5.58 Å². The lowest BCUT2D eigenvalue weighted by atomic mass is 9.79. The molecule has 0 N–H and O–H groups in total. The largest absolute Gasteiger partial charge is 0.356 e. The van der Waals surface area contributed by atoms with Crippen LogP contribution in [0.2, 0.25) is 0 Å². The Hall–Kier alpha value is -1.40. The number of benzene rings is 1. The van der Waals surface area contributed by atoms with Crippen molar-refractivity contribution >= 4 is 21.0 Å². The molecule has 22 heavy (non-hydrogen) atoms. The molecule has 2 fully saturated rings. The number of hydrogen-bond donors (Lipinski definition) is 0. The smallest absolute Gasteiger partial charge is 0.220 e. The molecule has 2 aliphatic rings. The minimum absolute atomic E-state index is 0.0623. The molecule has 6 heteroatoms. The maximum absolute atomic E-state index is 12.8. The Morgan fingerprint density at radius 1 is 1.18 bits per heavy atom. The third kappa shape index (κ3) is 2.34. The van der Waals surface area contributed by atoms with E-state index in [0.29, 0.717) is 23.7 Å². The first kappa shape index (κ1) is 14.2. The van der Waals surface area contributed by atoms with Crippen molar-refractivity contribution in [2.45, 2.75) is 43.9 Å². The molecule has 1 atom stereocenters. The van der Waals surface area contributed by atoms with Crippen molar-refractivity contribution < 1.29 is 12.9 Å². The second-order valence-corrected chi connectivity index (χ2v) is 8.31. The molecule has 0 spiro atoms. The van der Waals surface area contributed by atoms with E-state index in [-0.39, 0.29) is 11.8 Å². The van der Waals surface area contributed by atoms with Gasteiger partial charge in [0.25, 0.3) is 0 Å². The van der Waals surface area contributed by atoms with Crippen LogP contribution in [0.25, 0.3) is 11.0 Å². The molecule has 118 valence electrons. The lowest BCUT2D eigenvalue weighted by molar-refractivity contribution is 0.191. The van der Waals surface area contributed by atoms with Crippen LogP contribution >= 0.6 is 0 Å². The first-order chi connectivity index (χ1) is 10.6. The van der Waals surface area contributed by atoms with E-state index in [1.165, 1.54) is 19.3 Å². The van der Waals surface area contributed by atoms with Crippen LogP contribution in [0.4, 0.5) is 0 Å². The van der Waals surface area contributed by atoms with Crippen LogP contribution in [0.1, 0.15) is 37.8 Å². The van der Waals surface area contributed by atoms with Gasteiger partial charge < -0.3 is 4.52 Å². The van der Waals surface area contributed by atoms with E-state index in [4.69, 9.17) is 4.52 Å². The van der Waals surface area contributed by atoms with Crippen LogP contribution in [0.5, 0.6) is 0 Å². The Morgan fingerprint density at radius 2 is 2.00 bits per heavy atom. The fourth-order valence-corrected chi connectivity index (χ4v) is 5.52. The SMILES string of the molecule is O=S(=O)(Cc1noc2ccccc12)N1CCCC1C1CCC1. The minimum atomic E-state index is -3.33. The van der Waals surface area contributed by atoms with Gasteiger partial charge >= 0.3 is 0 Å². The summed E-state index contributed by atoms with van der Waals surface area (Å²) in [6.07, 6.45) is 5.56. The molecular weight excluding hydrogens is 300 g/mol. The summed E-state index contributed by atoms with van der Waals surface area (Å²) in [5, 5.41) is 4.77. The minimum Gasteiger partial charge on any atom is -0.356 e. The lowest BCUT2D eigenvalue weighted by Crippen LogP contribution is -2.42. The van der Waals surface area contributed by atoms with Crippen LogP contribution in [0.3, 0.4) is 0 Å². The monoisotopic (exact) mass is 320 g/mol. The predicted octanol–water partition coefficient (Wildman–Crippen LogP) is 2.92. The zero-order chi connectivity index (χ0) is 15.2. The maximum Gasteiger partial charge on any atom is 0.220 e. The Bertz CT molecular complexity index is 780. The van der Waals surface area contributed by atoms with E-state index in [1.807, 2.05) is 24.3 Å². The standard InChI is InChI=1S/C16H20N2O3S/c19-22(20,18-10-4-8-15(18)12-5-3-6-12)11-14-13-7-1-2-9-16(13)21-17-14/h1-2,7,9,12,15H,3-6,8,10-11H2. The van der Waals surface area contributed by atoms with Gasteiger partial charge in [0.05, 0.1) is 0 Å². The van der Waals surface area contributed by atoms with E-state index < -0.39 is 10.0 Å². The van der Waals surface area contributed by atoms with Crippen LogP contribution in [0, 0.1) is 5.92 Å². The number of fused-ring (bicyclic) bond motifs is 1. The molecule has 4 rings (SSSR count). The molecular formula is C16H20N2O3S. The Kier molecular flexibility index (Phi) is 3.46. The molecule has 2 heterocycles. The number of hydrogen-bond acceptors (Lipinski definition) is 4. The molecule has 0 amide bonds. The zero-order valence-corrected chi connectivity index (χ0v) is 13.3. The highest BCUT2D eigenvalue weighted by molar-refractivity contribution is 7.88. The highest BCUT2D eigenvalue weighted by atomic mass is 32.2. The second kappa shape index (κ2) is 5.35. The van der Waals surface area contributed by atoms with Crippen molar-refractivity contribution in [3.8, 4) is 0 Å². The van der Waals surface area contributed by atoms with Crippen LogP contribution in [0.15, 0.2) is 28.8 Å². The molecule has 1 aliphatic heterocycles. The summed E-state index contributed by atoms with van der Waals surface area (Å²) < 4.78 is 32.7. The number of sulfonamides is 1. The van der Waals surface area contributed by atoms with Gasteiger partial charge in [-0.1, -0.05) is 23.7 Å². The molecule has 1 aliphatic carbocycles. The molecule has 1 saturated heterocycles. The van der Waals surface area contributed by atoms with Gasteiger partial charge in [-0.3, -0.25) is 0 Å². The highest BCUT2D eigenvalue weighted by Crippen LogP contribution is 2.39. The van der Waals surface area contributed by atoms with Crippen molar-refractivity contribution in [3.63, 3.8) is 0 Å². The number of nitrogens with zero attached hydrogens (tertiary/aromatic N) is 2. The predicted molar refractivity (Wildman–Crippen MR) is 83.7 cm³/mol. The van der Waals surface area contributed by atoms with Gasteiger partial charge in [-0.2, -0.15) is 4.31 Å². The Labute approximate surface area is 130 Å². The van der Waals surface area contributed by atoms with Crippen molar-refractivity contribution in [2.75, 3.05) is 6.54 Å². The molecule has 1 unspecified atom stereocenters. The van der Waals surface area contributed by atoms with E-state index in [2.05, 4.69) is 5.16 Å². The van der Waals surface area contributed by atoms with Gasteiger partial charge in [0.1, 0.15) is 11.4 Å². The molecule has 1 saturated carbocycles. The Balaban J connectivity index is 1.60. The topological polar surface area (TPSA) is 63.4 Å². The van der Waals surface area contributed by atoms with Crippen LogP contribution in [-0.2, 0) is 15.8 Å². The average Bonchev–Trinajstić information content (AvgIpc) is 3.05. The first-order valence-electron chi connectivity index (χ1n) is 7.98. The van der Waals surface area contributed by atoms with Gasteiger partial charge in [-0.25, -0.2) is 8.42 Å². The molecule has 0 radical (unpaired) electrons. The molecule has 1 aromatic carbocycles. The fourth-order valence-electron chi connectivity index (χ4n) is 3.70. The number of aromatic nitrogens is 1. The third-order valence-corrected chi connectivity index (χ3v) is 6.88. The average molecular weight is 320 g/mol. The lowest BCUT2D eigenvalue weighted by Gasteiger charge is -2.36. The van der Waals surface area contributed by atoms with E-state index >= 15 is 0 Å². The summed E-state index contributed by atoms with van der Waals surface area (Å²) >= 11 is 0. The van der Waals surface area contributed by atoms with Crippen molar-refractivity contribution in [3.05, 3.63) is 30.0 Å². The van der Waals surface area contributed by atoms with Crippen LogP contribution < -0.4 is 0 Å². The number of rotatable bonds is 4. The molecule has 1 aromatic heterocycles. The van der Waals surface area contributed by atoms with Crippen molar-refractivity contribution in [1.29, 1.82) is 0 Å². The third-order valence-electron chi connectivity index (χ3n) is 5.07. The van der Waals surface area contributed by atoms with E-state index in [0.717, 1.165) is 18.2 Å². The summed E-state index contributed by atoms with van der Waals surface area (Å²) in [5.74, 6) is 0.499. The summed E-state index contributed by atoms with van der Waals surface area (Å²) in [4.78, 5) is 0. The van der Waals surface area contributed by atoms with Gasteiger partial charge in [-0.15, -0.1) is 0 Å². The van der Waals surface area contributed by atoms with Crippen LogP contribution in [-0.4, -0.2) is 30.5 Å². The van der Waals surface area contributed by atoms with Gasteiger partial charge in [0, 0.05) is 18.0 Å². The molecule has 5 nitrogen and oxygen atoms in total. The van der Waals surface area contributed by atoms with Crippen molar-refractivity contribution in [1.82, 2.24) is 9.46 Å². The number of para-hydroxylation sites is 1. The summed E-state index contributed by atoms with van der Waals surface area (Å²) in [6, 6.07) is 7.62. The first-order valence-corrected chi connectivity index (χ1v) is 9.59. The van der Waals surface area contributed by atoms with Gasteiger partial charge in [0.2, 0.25) is 10.0 Å². The fraction of sp³-hybridized carbons (Fsp3) is 0.562. The quantitative estimate of drug-likeness (QED) is 0.869. The summed E-state index contributed by atoms with van der Waals surface area (Å²) in [5.41, 5.74) is 1.17. The zero-order valence-electron chi connectivity index (χ0n) is 12.4. The normalized spacial score (nSPS) is 23.9. The summed E-state index contributed by atoms with van der Waals surface area (Å²) in [6.45, 7) is 0.652. The van der Waals surface area contributed by atoms with E-state index in [9.17, 15) is 8.42 Å². The summed E-state index contributed by atoms with van der Waals surface area (Å²) in [7, 11) is -3.33. The maximum atomic E-state index is 12.8. The van der Waals surface area contributed by atoms with E-state index in [1.54, 1.807) is 4.31 Å². The second-order valence-electron chi connectivity index (χ2n) is 6.39. The highest BCUT2D eigenvalue weighted by Gasteiger charge is 2.41. The van der Waals surface area contributed by atoms with Crippen molar-refractivity contribution in [2.24, 2.45) is 5.92 Å².